The summed E-state index contributed by atoms with van der Waals surface area (Å²) in [4.78, 5) is 12.7. The molecule has 146 valence electrons. The van der Waals surface area contributed by atoms with Crippen molar-refractivity contribution in [1.29, 1.82) is 0 Å². The van der Waals surface area contributed by atoms with Crippen LogP contribution in [0.5, 0.6) is 11.5 Å². The lowest BCUT2D eigenvalue weighted by Gasteiger charge is -2.10. The third-order valence-electron chi connectivity index (χ3n) is 3.97. The Bertz CT molecular complexity index is 1070. The van der Waals surface area contributed by atoms with Crippen molar-refractivity contribution >= 4 is 21.4 Å². The molecule has 0 unspecified atom stereocenters. The van der Waals surface area contributed by atoms with Gasteiger partial charge < -0.3 is 19.2 Å². The van der Waals surface area contributed by atoms with Crippen molar-refractivity contribution in [3.05, 3.63) is 72.2 Å². The van der Waals surface area contributed by atoms with Crippen LogP contribution >= 0.6 is 0 Å². The van der Waals surface area contributed by atoms with Gasteiger partial charge in [0.15, 0.2) is 15.6 Å². The second-order valence-electron chi connectivity index (χ2n) is 5.86. The van der Waals surface area contributed by atoms with Crippen LogP contribution in [0.15, 0.2) is 70.0 Å². The lowest BCUT2D eigenvalue weighted by atomic mass is 10.2. The predicted octanol–water partition coefficient (Wildman–Crippen LogP) is 3.52. The van der Waals surface area contributed by atoms with Crippen LogP contribution < -0.4 is 14.8 Å². The van der Waals surface area contributed by atoms with Crippen LogP contribution in [0.1, 0.15) is 16.3 Å². The number of methoxy groups -OCH3 is 2. The van der Waals surface area contributed by atoms with Gasteiger partial charge in [0.05, 0.1) is 24.8 Å². The molecule has 2 aromatic carbocycles. The summed E-state index contributed by atoms with van der Waals surface area (Å²) in [5.41, 5.74) is 0.404. The monoisotopic (exact) mass is 401 g/mol. The third-order valence-corrected chi connectivity index (χ3v) is 5.63. The summed E-state index contributed by atoms with van der Waals surface area (Å²) in [6.45, 7) is 0. The number of anilines is 1. The summed E-state index contributed by atoms with van der Waals surface area (Å²) >= 11 is 0. The first-order valence-corrected chi connectivity index (χ1v) is 9.98. The molecule has 3 rings (SSSR count). The summed E-state index contributed by atoms with van der Waals surface area (Å²) in [6.07, 6.45) is 0. The molecule has 7 nitrogen and oxygen atoms in total. The van der Waals surface area contributed by atoms with Gasteiger partial charge in [0.25, 0.3) is 5.91 Å². The Morgan fingerprint density at radius 2 is 1.75 bits per heavy atom. The molecule has 0 saturated heterocycles. The van der Waals surface area contributed by atoms with E-state index in [4.69, 9.17) is 13.9 Å². The molecule has 0 radical (unpaired) electrons. The maximum absolute atomic E-state index is 12.5. The smallest absolute Gasteiger partial charge is 0.291 e. The number of rotatable bonds is 7. The molecule has 0 fully saturated rings. The molecule has 1 aromatic heterocycles. The fourth-order valence-electron chi connectivity index (χ4n) is 2.57. The average Bonchev–Trinajstić information content (AvgIpc) is 3.16. The van der Waals surface area contributed by atoms with E-state index in [1.165, 1.54) is 38.5 Å². The largest absolute Gasteiger partial charge is 0.497 e. The van der Waals surface area contributed by atoms with Crippen LogP contribution in [0.2, 0.25) is 0 Å². The van der Waals surface area contributed by atoms with Crippen molar-refractivity contribution < 1.29 is 27.1 Å². The molecule has 0 saturated carbocycles. The van der Waals surface area contributed by atoms with Crippen molar-refractivity contribution in [2.75, 3.05) is 19.5 Å². The molecule has 1 amide bonds. The number of amides is 1. The fourth-order valence-corrected chi connectivity index (χ4v) is 3.84. The van der Waals surface area contributed by atoms with Crippen molar-refractivity contribution in [2.24, 2.45) is 0 Å². The highest BCUT2D eigenvalue weighted by Gasteiger charge is 2.20. The minimum Gasteiger partial charge on any atom is -0.497 e. The minimum absolute atomic E-state index is 0.0110. The molecule has 1 heterocycles. The number of benzene rings is 2. The molecule has 8 heteroatoms. The van der Waals surface area contributed by atoms with Crippen molar-refractivity contribution in [3.8, 4) is 11.5 Å². The first-order valence-electron chi connectivity index (χ1n) is 8.33. The molecule has 0 spiro atoms. The quantitative estimate of drug-likeness (QED) is 0.651. The maximum Gasteiger partial charge on any atom is 0.291 e. The molecule has 28 heavy (non-hydrogen) atoms. The number of nitrogens with one attached hydrogen (secondary N) is 1. The van der Waals surface area contributed by atoms with Gasteiger partial charge in [-0.15, -0.1) is 0 Å². The van der Waals surface area contributed by atoms with Gasteiger partial charge in [-0.2, -0.15) is 0 Å². The molecule has 1 N–H and O–H groups in total. The molecule has 0 bridgehead atoms. The van der Waals surface area contributed by atoms with Gasteiger partial charge in [0, 0.05) is 6.07 Å². The van der Waals surface area contributed by atoms with Crippen molar-refractivity contribution in [3.63, 3.8) is 0 Å². The van der Waals surface area contributed by atoms with E-state index in [1.807, 2.05) is 0 Å². The normalized spacial score (nSPS) is 11.1. The Morgan fingerprint density at radius 1 is 1.00 bits per heavy atom. The Morgan fingerprint density at radius 3 is 2.43 bits per heavy atom. The highest BCUT2D eigenvalue weighted by molar-refractivity contribution is 7.90. The van der Waals surface area contributed by atoms with E-state index in [2.05, 4.69) is 5.32 Å². The third kappa shape index (κ3) is 4.34. The zero-order valence-corrected chi connectivity index (χ0v) is 16.2. The second-order valence-corrected chi connectivity index (χ2v) is 7.85. The number of furan rings is 1. The van der Waals surface area contributed by atoms with Gasteiger partial charge in [-0.3, -0.25) is 4.79 Å². The summed E-state index contributed by atoms with van der Waals surface area (Å²) in [7, 11) is -0.570. The Labute approximate surface area is 162 Å². The zero-order chi connectivity index (χ0) is 20.1. The number of ether oxygens (including phenoxy) is 2. The minimum atomic E-state index is -3.57. The molecule has 3 aromatic rings. The molecule has 0 aliphatic carbocycles. The first-order chi connectivity index (χ1) is 13.4. The van der Waals surface area contributed by atoms with Crippen LogP contribution in [0.4, 0.5) is 5.69 Å². The van der Waals surface area contributed by atoms with E-state index < -0.39 is 15.7 Å². The Hall–Kier alpha value is -3.26. The highest BCUT2D eigenvalue weighted by Crippen LogP contribution is 2.29. The van der Waals surface area contributed by atoms with Crippen LogP contribution in [0, 0.1) is 0 Å². The number of carbonyl (C=O) groups is 1. The summed E-state index contributed by atoms with van der Waals surface area (Å²) in [5, 5.41) is 2.67. The molecular formula is C20H19NO6S. The first kappa shape index (κ1) is 19.5. The molecule has 0 aliphatic heterocycles. The molecule has 0 atom stereocenters. The van der Waals surface area contributed by atoms with Crippen LogP contribution in [-0.4, -0.2) is 28.5 Å². The van der Waals surface area contributed by atoms with Crippen molar-refractivity contribution in [1.82, 2.24) is 0 Å². The van der Waals surface area contributed by atoms with E-state index >= 15 is 0 Å². The standard InChI is InChI=1S/C20H19NO6S/c1-25-14-8-10-18(26-2)17(12-14)21-20(22)19-11-9-15(27-19)13-28(23,24)16-6-4-3-5-7-16/h3-12H,13H2,1-2H3,(H,21,22). The van der Waals surface area contributed by atoms with Crippen molar-refractivity contribution in [2.45, 2.75) is 10.6 Å². The van der Waals surface area contributed by atoms with Gasteiger partial charge in [-0.1, -0.05) is 18.2 Å². The summed E-state index contributed by atoms with van der Waals surface area (Å²) in [6, 6.07) is 15.9. The molecular weight excluding hydrogens is 382 g/mol. The topological polar surface area (TPSA) is 94.8 Å². The van der Waals surface area contributed by atoms with Crippen LogP contribution in [-0.2, 0) is 15.6 Å². The lowest BCUT2D eigenvalue weighted by Crippen LogP contribution is -2.12. The van der Waals surface area contributed by atoms with E-state index in [0.29, 0.717) is 17.2 Å². The SMILES string of the molecule is COc1ccc(OC)c(NC(=O)c2ccc(CS(=O)(=O)c3ccccc3)o2)c1. The predicted molar refractivity (Wildman–Crippen MR) is 104 cm³/mol. The summed E-state index contributed by atoms with van der Waals surface area (Å²) < 4.78 is 40.7. The summed E-state index contributed by atoms with van der Waals surface area (Å²) in [5.74, 6) is 0.287. The Balaban J connectivity index is 1.76. The van der Waals surface area contributed by atoms with E-state index in [1.54, 1.807) is 36.4 Å². The van der Waals surface area contributed by atoms with Crippen LogP contribution in [0.3, 0.4) is 0 Å². The number of sulfone groups is 1. The fraction of sp³-hybridized carbons (Fsp3) is 0.150. The van der Waals surface area contributed by atoms with E-state index in [0.717, 1.165) is 0 Å². The van der Waals surface area contributed by atoms with Gasteiger partial charge >= 0.3 is 0 Å². The zero-order valence-electron chi connectivity index (χ0n) is 15.3. The average molecular weight is 401 g/mol. The highest BCUT2D eigenvalue weighted by atomic mass is 32.2. The van der Waals surface area contributed by atoms with E-state index in [9.17, 15) is 13.2 Å². The van der Waals surface area contributed by atoms with Gasteiger partial charge in [0.1, 0.15) is 23.0 Å². The second kappa shape index (κ2) is 8.18. The van der Waals surface area contributed by atoms with Gasteiger partial charge in [-0.25, -0.2) is 8.42 Å². The van der Waals surface area contributed by atoms with Gasteiger partial charge in [0.2, 0.25) is 0 Å². The van der Waals surface area contributed by atoms with E-state index in [-0.39, 0.29) is 22.2 Å². The lowest BCUT2D eigenvalue weighted by molar-refractivity contribution is 0.0995. The maximum atomic E-state index is 12.5. The van der Waals surface area contributed by atoms with Gasteiger partial charge in [-0.05, 0) is 36.4 Å². The number of carbonyl (C=O) groups excluding carboxylic acids is 1. The molecule has 0 aliphatic rings. The van der Waals surface area contributed by atoms with Crippen LogP contribution in [0.25, 0.3) is 0 Å². The number of hydrogen-bond acceptors (Lipinski definition) is 6. The number of hydrogen-bond donors (Lipinski definition) is 1. The Kier molecular flexibility index (Phi) is 5.70.